The number of likely N-dealkylation sites (tertiary alicyclic amines) is 1. The van der Waals surface area contributed by atoms with Crippen molar-refractivity contribution in [3.63, 3.8) is 0 Å². The lowest BCUT2D eigenvalue weighted by molar-refractivity contribution is -0.143. The molecule has 1 heterocycles. The molecule has 0 spiro atoms. The molecule has 3 heteroatoms. The maximum Gasteiger partial charge on any atom is 0.229 e. The van der Waals surface area contributed by atoms with Gasteiger partial charge in [0.2, 0.25) is 11.8 Å². The average molecular weight is 193 g/mol. The van der Waals surface area contributed by atoms with Crippen LogP contribution in [-0.4, -0.2) is 23.3 Å². The summed E-state index contributed by atoms with van der Waals surface area (Å²) in [6, 6.07) is 0. The molecule has 76 valence electrons. The summed E-state index contributed by atoms with van der Waals surface area (Å²) >= 11 is 0. The van der Waals surface area contributed by atoms with Crippen molar-refractivity contribution in [1.82, 2.24) is 4.90 Å². The maximum absolute atomic E-state index is 11.5. The van der Waals surface area contributed by atoms with Crippen molar-refractivity contribution in [1.29, 1.82) is 0 Å². The van der Waals surface area contributed by atoms with E-state index in [-0.39, 0.29) is 11.8 Å². The highest BCUT2D eigenvalue weighted by Gasteiger charge is 2.22. The molecule has 0 bridgehead atoms. The molecule has 1 rings (SSSR count). The number of imide groups is 1. The summed E-state index contributed by atoms with van der Waals surface area (Å²) < 4.78 is 0. The summed E-state index contributed by atoms with van der Waals surface area (Å²) in [6.07, 6.45) is 3.27. The number of hydrogen-bond donors (Lipinski definition) is 0. The molecule has 0 aromatic heterocycles. The van der Waals surface area contributed by atoms with E-state index in [1.165, 1.54) is 4.90 Å². The minimum atomic E-state index is -0.0367. The Morgan fingerprint density at radius 2 is 1.79 bits per heavy atom. The quantitative estimate of drug-likeness (QED) is 0.490. The van der Waals surface area contributed by atoms with Gasteiger partial charge in [0, 0.05) is 25.8 Å². The van der Waals surface area contributed by atoms with Crippen LogP contribution in [0.15, 0.2) is 0 Å². The largest absolute Gasteiger partial charge is 0.282 e. The van der Waals surface area contributed by atoms with Crippen LogP contribution in [0.3, 0.4) is 0 Å². The molecular formula is C11H15NO2. The fourth-order valence-corrected chi connectivity index (χ4v) is 1.50. The van der Waals surface area contributed by atoms with Gasteiger partial charge < -0.3 is 0 Å². The van der Waals surface area contributed by atoms with E-state index >= 15 is 0 Å². The second-order valence-electron chi connectivity index (χ2n) is 3.32. The Kier molecular flexibility index (Phi) is 4.18. The molecule has 0 aliphatic carbocycles. The van der Waals surface area contributed by atoms with Crippen molar-refractivity contribution in [2.45, 2.75) is 39.0 Å². The number of rotatable bonds is 2. The van der Waals surface area contributed by atoms with Crippen LogP contribution in [0.4, 0.5) is 0 Å². The fraction of sp³-hybridized carbons (Fsp3) is 0.636. The van der Waals surface area contributed by atoms with E-state index in [1.54, 1.807) is 6.92 Å². The highest BCUT2D eigenvalue weighted by Crippen LogP contribution is 2.12. The van der Waals surface area contributed by atoms with Crippen molar-refractivity contribution >= 4 is 11.8 Å². The molecule has 0 aromatic rings. The average Bonchev–Trinajstić information content (AvgIpc) is 2.32. The summed E-state index contributed by atoms with van der Waals surface area (Å²) in [5, 5.41) is 0. The molecule has 1 fully saturated rings. The monoisotopic (exact) mass is 193 g/mol. The second kappa shape index (κ2) is 5.43. The molecule has 0 atom stereocenters. The first-order chi connectivity index (χ1) is 6.75. The lowest BCUT2D eigenvalue weighted by Crippen LogP contribution is -2.35. The van der Waals surface area contributed by atoms with Crippen LogP contribution < -0.4 is 0 Å². The first-order valence-electron chi connectivity index (χ1n) is 4.98. The topological polar surface area (TPSA) is 37.4 Å². The Bertz CT molecular complexity index is 267. The van der Waals surface area contributed by atoms with Gasteiger partial charge in [0.05, 0.1) is 0 Å². The van der Waals surface area contributed by atoms with Gasteiger partial charge in [-0.3, -0.25) is 14.5 Å². The summed E-state index contributed by atoms with van der Waals surface area (Å²) in [4.78, 5) is 24.3. The highest BCUT2D eigenvalue weighted by atomic mass is 16.2. The zero-order valence-corrected chi connectivity index (χ0v) is 8.51. The third kappa shape index (κ3) is 2.88. The molecule has 0 radical (unpaired) electrons. The number of nitrogens with zero attached hydrogens (tertiary/aromatic N) is 1. The smallest absolute Gasteiger partial charge is 0.229 e. The van der Waals surface area contributed by atoms with Crippen LogP contribution in [0.5, 0.6) is 0 Å². The predicted molar refractivity (Wildman–Crippen MR) is 53.3 cm³/mol. The van der Waals surface area contributed by atoms with Gasteiger partial charge in [-0.15, -0.1) is 11.8 Å². The zero-order chi connectivity index (χ0) is 10.4. The molecule has 2 amide bonds. The van der Waals surface area contributed by atoms with Gasteiger partial charge in [-0.2, -0.15) is 0 Å². The van der Waals surface area contributed by atoms with Gasteiger partial charge in [0.15, 0.2) is 0 Å². The Balaban J connectivity index is 2.54. The van der Waals surface area contributed by atoms with E-state index in [1.807, 2.05) is 0 Å². The van der Waals surface area contributed by atoms with Gasteiger partial charge in [0.1, 0.15) is 0 Å². The fourth-order valence-electron chi connectivity index (χ4n) is 1.50. The number of amides is 2. The lowest BCUT2D eigenvalue weighted by Gasteiger charge is -2.16. The second-order valence-corrected chi connectivity index (χ2v) is 3.32. The van der Waals surface area contributed by atoms with Crippen molar-refractivity contribution in [3.05, 3.63) is 0 Å². The molecule has 0 N–H and O–H groups in total. The molecule has 0 saturated carbocycles. The molecule has 3 nitrogen and oxygen atoms in total. The van der Waals surface area contributed by atoms with E-state index in [0.29, 0.717) is 25.8 Å². The van der Waals surface area contributed by atoms with E-state index < -0.39 is 0 Å². The highest BCUT2D eigenvalue weighted by molar-refractivity contribution is 5.96. The van der Waals surface area contributed by atoms with E-state index in [9.17, 15) is 9.59 Å². The van der Waals surface area contributed by atoms with Crippen molar-refractivity contribution in [3.8, 4) is 11.8 Å². The van der Waals surface area contributed by atoms with E-state index in [2.05, 4.69) is 11.8 Å². The van der Waals surface area contributed by atoms with Crippen LogP contribution >= 0.6 is 0 Å². The Labute approximate surface area is 84.5 Å². The summed E-state index contributed by atoms with van der Waals surface area (Å²) in [5.41, 5.74) is 0. The maximum atomic E-state index is 11.5. The van der Waals surface area contributed by atoms with Crippen LogP contribution in [0, 0.1) is 11.8 Å². The first-order valence-corrected chi connectivity index (χ1v) is 4.98. The van der Waals surface area contributed by atoms with Gasteiger partial charge in [-0.25, -0.2) is 0 Å². The van der Waals surface area contributed by atoms with E-state index in [0.717, 1.165) is 12.8 Å². The Morgan fingerprint density at radius 3 is 2.29 bits per heavy atom. The first kappa shape index (κ1) is 10.8. The van der Waals surface area contributed by atoms with Crippen molar-refractivity contribution in [2.75, 3.05) is 6.54 Å². The minimum Gasteiger partial charge on any atom is -0.282 e. The van der Waals surface area contributed by atoms with Crippen LogP contribution in [0.2, 0.25) is 0 Å². The lowest BCUT2D eigenvalue weighted by atomic mass is 10.2. The molecular weight excluding hydrogens is 178 g/mol. The number of hydrogen-bond acceptors (Lipinski definition) is 2. The predicted octanol–water partition coefficient (Wildman–Crippen LogP) is 1.33. The van der Waals surface area contributed by atoms with Crippen molar-refractivity contribution in [2.24, 2.45) is 0 Å². The molecule has 1 aliphatic heterocycles. The van der Waals surface area contributed by atoms with Gasteiger partial charge in [-0.1, -0.05) is 0 Å². The SMILES string of the molecule is CC#CCCN1C(=O)CCCCC1=O. The third-order valence-electron chi connectivity index (χ3n) is 2.27. The molecule has 0 unspecified atom stereocenters. The summed E-state index contributed by atoms with van der Waals surface area (Å²) in [6.45, 7) is 2.21. The molecule has 1 saturated heterocycles. The third-order valence-corrected chi connectivity index (χ3v) is 2.27. The standard InChI is InChI=1S/C11H15NO2/c1-2-3-6-9-12-10(13)7-4-5-8-11(12)14/h4-9H2,1H3. The number of carbonyl (C=O) groups excluding carboxylic acids is 2. The molecule has 1 aliphatic rings. The minimum absolute atomic E-state index is 0.0367. The number of carbonyl (C=O) groups is 2. The molecule has 14 heavy (non-hydrogen) atoms. The van der Waals surface area contributed by atoms with Crippen molar-refractivity contribution < 1.29 is 9.59 Å². The van der Waals surface area contributed by atoms with E-state index in [4.69, 9.17) is 0 Å². The summed E-state index contributed by atoms with van der Waals surface area (Å²) in [5.74, 6) is 5.54. The zero-order valence-electron chi connectivity index (χ0n) is 8.51. The normalized spacial score (nSPS) is 17.4. The van der Waals surface area contributed by atoms with Gasteiger partial charge >= 0.3 is 0 Å². The van der Waals surface area contributed by atoms with Gasteiger partial charge in [0.25, 0.3) is 0 Å². The van der Waals surface area contributed by atoms with Crippen LogP contribution in [0.1, 0.15) is 39.0 Å². The molecule has 0 aromatic carbocycles. The Hall–Kier alpha value is -1.30. The van der Waals surface area contributed by atoms with Crippen LogP contribution in [-0.2, 0) is 9.59 Å². The Morgan fingerprint density at radius 1 is 1.21 bits per heavy atom. The van der Waals surface area contributed by atoms with Crippen LogP contribution in [0.25, 0.3) is 0 Å². The van der Waals surface area contributed by atoms with Gasteiger partial charge in [-0.05, 0) is 19.8 Å². The summed E-state index contributed by atoms with van der Waals surface area (Å²) in [7, 11) is 0.